The number of rotatable bonds is 5. The van der Waals surface area contributed by atoms with E-state index >= 15 is 0 Å². The van der Waals surface area contributed by atoms with E-state index in [9.17, 15) is 15.0 Å². The van der Waals surface area contributed by atoms with E-state index in [1.165, 1.54) is 6.92 Å². The third-order valence-electron chi connectivity index (χ3n) is 2.68. The standard InChI is InChI=1S/C13H18O4/c1-3-17-12(15)9-13(16,10(2)14)11-7-5-4-6-8-11/h4-8,10,14,16H,3,9H2,1-2H3/t10-,13-/m1/s1. The molecule has 0 heterocycles. The van der Waals surface area contributed by atoms with Crippen molar-refractivity contribution in [3.63, 3.8) is 0 Å². The van der Waals surface area contributed by atoms with Gasteiger partial charge in [-0.1, -0.05) is 30.3 Å². The molecule has 94 valence electrons. The van der Waals surface area contributed by atoms with E-state index < -0.39 is 17.7 Å². The maximum Gasteiger partial charge on any atom is 0.309 e. The quantitative estimate of drug-likeness (QED) is 0.757. The molecule has 0 spiro atoms. The smallest absolute Gasteiger partial charge is 0.309 e. The molecule has 0 amide bonds. The Morgan fingerprint density at radius 1 is 1.41 bits per heavy atom. The summed E-state index contributed by atoms with van der Waals surface area (Å²) in [5.41, 5.74) is -1.10. The lowest BCUT2D eigenvalue weighted by Gasteiger charge is -2.30. The Morgan fingerprint density at radius 2 is 2.00 bits per heavy atom. The topological polar surface area (TPSA) is 66.8 Å². The van der Waals surface area contributed by atoms with Crippen LogP contribution >= 0.6 is 0 Å². The molecule has 1 rings (SSSR count). The normalized spacial score (nSPS) is 16.0. The fourth-order valence-electron chi connectivity index (χ4n) is 1.65. The number of hydrogen-bond acceptors (Lipinski definition) is 4. The first-order chi connectivity index (χ1) is 8.00. The minimum absolute atomic E-state index is 0.253. The second-order valence-electron chi connectivity index (χ2n) is 3.95. The van der Waals surface area contributed by atoms with Crippen LogP contribution in [0.4, 0.5) is 0 Å². The van der Waals surface area contributed by atoms with Gasteiger partial charge in [-0.25, -0.2) is 0 Å². The van der Waals surface area contributed by atoms with Gasteiger partial charge >= 0.3 is 5.97 Å². The van der Waals surface area contributed by atoms with Crippen molar-refractivity contribution in [2.75, 3.05) is 6.61 Å². The first-order valence-corrected chi connectivity index (χ1v) is 5.62. The monoisotopic (exact) mass is 238 g/mol. The Balaban J connectivity index is 2.94. The molecular formula is C13H18O4. The van der Waals surface area contributed by atoms with E-state index in [-0.39, 0.29) is 13.0 Å². The highest BCUT2D eigenvalue weighted by atomic mass is 16.5. The average Bonchev–Trinajstić information content (AvgIpc) is 2.30. The number of carbonyl (C=O) groups excluding carboxylic acids is 1. The van der Waals surface area contributed by atoms with Crippen LogP contribution in [0.3, 0.4) is 0 Å². The van der Waals surface area contributed by atoms with Gasteiger partial charge in [0.25, 0.3) is 0 Å². The van der Waals surface area contributed by atoms with Crippen LogP contribution in [0.25, 0.3) is 0 Å². The van der Waals surface area contributed by atoms with Crippen LogP contribution in [0.15, 0.2) is 30.3 Å². The summed E-state index contributed by atoms with van der Waals surface area (Å²) in [6, 6.07) is 8.63. The van der Waals surface area contributed by atoms with E-state index in [2.05, 4.69) is 0 Å². The average molecular weight is 238 g/mol. The maximum atomic E-state index is 11.4. The first kappa shape index (κ1) is 13.7. The number of aliphatic hydroxyl groups excluding tert-OH is 1. The van der Waals surface area contributed by atoms with Gasteiger partial charge < -0.3 is 14.9 Å². The fraction of sp³-hybridized carbons (Fsp3) is 0.462. The maximum absolute atomic E-state index is 11.4. The minimum atomic E-state index is -1.60. The molecule has 0 radical (unpaired) electrons. The molecule has 1 aromatic carbocycles. The van der Waals surface area contributed by atoms with E-state index in [1.54, 1.807) is 37.3 Å². The predicted molar refractivity (Wildman–Crippen MR) is 63.3 cm³/mol. The van der Waals surface area contributed by atoms with Crippen molar-refractivity contribution in [1.29, 1.82) is 0 Å². The number of benzene rings is 1. The van der Waals surface area contributed by atoms with Gasteiger partial charge in [0, 0.05) is 0 Å². The van der Waals surface area contributed by atoms with Gasteiger partial charge in [-0.3, -0.25) is 4.79 Å². The van der Waals surface area contributed by atoms with E-state index in [4.69, 9.17) is 4.74 Å². The SMILES string of the molecule is CCOC(=O)C[C@](O)(c1ccccc1)[C@@H](C)O. The third-order valence-corrected chi connectivity index (χ3v) is 2.68. The molecule has 4 heteroatoms. The molecule has 0 aliphatic carbocycles. The van der Waals surface area contributed by atoms with Crippen molar-refractivity contribution in [2.45, 2.75) is 32.0 Å². The molecule has 0 saturated carbocycles. The number of hydrogen-bond donors (Lipinski definition) is 2. The highest BCUT2D eigenvalue weighted by molar-refractivity contribution is 5.71. The van der Waals surface area contributed by atoms with E-state index in [1.807, 2.05) is 0 Å². The molecule has 2 atom stereocenters. The molecule has 0 saturated heterocycles. The van der Waals surface area contributed by atoms with E-state index in [0.717, 1.165) is 0 Å². The lowest BCUT2D eigenvalue weighted by atomic mass is 9.86. The van der Waals surface area contributed by atoms with Gasteiger partial charge in [-0.15, -0.1) is 0 Å². The zero-order chi connectivity index (χ0) is 12.9. The molecule has 0 aromatic heterocycles. The van der Waals surface area contributed by atoms with Crippen LogP contribution in [-0.2, 0) is 15.1 Å². The summed E-state index contributed by atoms with van der Waals surface area (Å²) in [7, 11) is 0. The minimum Gasteiger partial charge on any atom is -0.466 e. The highest BCUT2D eigenvalue weighted by Crippen LogP contribution is 2.29. The predicted octanol–water partition coefficient (Wildman–Crippen LogP) is 1.21. The Kier molecular flexibility index (Phi) is 4.66. The van der Waals surface area contributed by atoms with Crippen molar-refractivity contribution >= 4 is 5.97 Å². The second-order valence-corrected chi connectivity index (χ2v) is 3.95. The molecule has 0 bridgehead atoms. The lowest BCUT2D eigenvalue weighted by molar-refractivity contribution is -0.155. The van der Waals surface area contributed by atoms with Gasteiger partial charge in [-0.2, -0.15) is 0 Å². The lowest BCUT2D eigenvalue weighted by Crippen LogP contribution is -2.40. The van der Waals surface area contributed by atoms with Crippen molar-refractivity contribution in [1.82, 2.24) is 0 Å². The molecule has 0 aliphatic rings. The summed E-state index contributed by atoms with van der Waals surface area (Å²) < 4.78 is 4.80. The van der Waals surface area contributed by atoms with Crippen molar-refractivity contribution in [3.8, 4) is 0 Å². The van der Waals surface area contributed by atoms with Crippen LogP contribution in [0.5, 0.6) is 0 Å². The van der Waals surface area contributed by atoms with Crippen LogP contribution in [0.2, 0.25) is 0 Å². The van der Waals surface area contributed by atoms with Crippen molar-refractivity contribution in [3.05, 3.63) is 35.9 Å². The molecule has 17 heavy (non-hydrogen) atoms. The summed E-state index contributed by atoms with van der Waals surface area (Å²) in [6.45, 7) is 3.40. The largest absolute Gasteiger partial charge is 0.466 e. The summed E-state index contributed by atoms with van der Waals surface area (Å²) in [5.74, 6) is -0.528. The number of aliphatic hydroxyl groups is 2. The van der Waals surface area contributed by atoms with Crippen LogP contribution < -0.4 is 0 Å². The first-order valence-electron chi connectivity index (χ1n) is 5.62. The summed E-state index contributed by atoms with van der Waals surface area (Å²) >= 11 is 0. The summed E-state index contributed by atoms with van der Waals surface area (Å²) in [6.07, 6.45) is -1.32. The number of carbonyl (C=O) groups is 1. The molecule has 0 fully saturated rings. The van der Waals surface area contributed by atoms with Gasteiger partial charge in [0.1, 0.15) is 5.60 Å². The zero-order valence-electron chi connectivity index (χ0n) is 10.1. The van der Waals surface area contributed by atoms with Crippen LogP contribution in [0.1, 0.15) is 25.8 Å². The van der Waals surface area contributed by atoms with Gasteiger partial charge in [0.2, 0.25) is 0 Å². The molecule has 0 unspecified atom stereocenters. The van der Waals surface area contributed by atoms with E-state index in [0.29, 0.717) is 5.56 Å². The Hall–Kier alpha value is -1.39. The summed E-state index contributed by atoms with van der Waals surface area (Å²) in [4.78, 5) is 11.4. The molecule has 0 aliphatic heterocycles. The number of ether oxygens (including phenoxy) is 1. The Morgan fingerprint density at radius 3 is 2.47 bits per heavy atom. The van der Waals surface area contributed by atoms with Gasteiger partial charge in [0.15, 0.2) is 0 Å². The highest BCUT2D eigenvalue weighted by Gasteiger charge is 2.37. The summed E-state index contributed by atoms with van der Waals surface area (Å²) in [5, 5.41) is 20.1. The number of esters is 1. The van der Waals surface area contributed by atoms with Crippen LogP contribution in [-0.4, -0.2) is 28.9 Å². The molecule has 2 N–H and O–H groups in total. The van der Waals surface area contributed by atoms with Crippen molar-refractivity contribution in [2.24, 2.45) is 0 Å². The molecule has 4 nitrogen and oxygen atoms in total. The van der Waals surface area contributed by atoms with Crippen molar-refractivity contribution < 1.29 is 19.7 Å². The third kappa shape index (κ3) is 3.28. The second kappa shape index (κ2) is 5.80. The zero-order valence-corrected chi connectivity index (χ0v) is 10.1. The fourth-order valence-corrected chi connectivity index (χ4v) is 1.65. The van der Waals surface area contributed by atoms with Gasteiger partial charge in [-0.05, 0) is 19.4 Å². The van der Waals surface area contributed by atoms with Gasteiger partial charge in [0.05, 0.1) is 19.1 Å². The Labute approximate surface area is 101 Å². The Bertz CT molecular complexity index is 361. The molecule has 1 aromatic rings. The van der Waals surface area contributed by atoms with Crippen LogP contribution in [0, 0.1) is 0 Å². The molecular weight excluding hydrogens is 220 g/mol.